The summed E-state index contributed by atoms with van der Waals surface area (Å²) in [7, 11) is -3.58. The van der Waals surface area contributed by atoms with E-state index in [4.69, 9.17) is 0 Å². The summed E-state index contributed by atoms with van der Waals surface area (Å²) in [5.74, 6) is 0. The lowest BCUT2D eigenvalue weighted by atomic mass is 10.00. The summed E-state index contributed by atoms with van der Waals surface area (Å²) >= 11 is 0. The van der Waals surface area contributed by atoms with Gasteiger partial charge in [0.1, 0.15) is 5.65 Å². The van der Waals surface area contributed by atoms with E-state index in [0.29, 0.717) is 18.2 Å². The molecule has 0 unspecified atom stereocenters. The third-order valence-corrected chi connectivity index (χ3v) is 5.03. The van der Waals surface area contributed by atoms with Gasteiger partial charge in [-0.3, -0.25) is 9.36 Å². The van der Waals surface area contributed by atoms with Gasteiger partial charge in [0.05, 0.1) is 11.6 Å². The Morgan fingerprint density at radius 3 is 2.73 bits per heavy atom. The molecule has 7 nitrogen and oxygen atoms in total. The molecule has 118 valence electrons. The van der Waals surface area contributed by atoms with Crippen LogP contribution in [-0.2, 0) is 9.84 Å². The third kappa shape index (κ3) is 2.42. The lowest BCUT2D eigenvalue weighted by Gasteiger charge is -2.28. The Kier molecular flexibility index (Phi) is 3.33. The third-order valence-electron chi connectivity index (χ3n) is 4.17. The van der Waals surface area contributed by atoms with Crippen molar-refractivity contribution in [3.63, 3.8) is 0 Å². The van der Waals surface area contributed by atoms with Gasteiger partial charge in [-0.1, -0.05) is 0 Å². The highest BCUT2D eigenvalue weighted by Crippen LogP contribution is 2.39. The van der Waals surface area contributed by atoms with Gasteiger partial charge in [-0.15, -0.1) is 0 Å². The number of hydrogen-bond donors (Lipinski definition) is 1. The number of fused-ring (bicyclic) bond motifs is 1. The molecule has 22 heavy (non-hydrogen) atoms. The van der Waals surface area contributed by atoms with Gasteiger partial charge in [0.15, 0.2) is 0 Å². The predicted molar refractivity (Wildman–Crippen MR) is 80.4 cm³/mol. The SMILES string of the molecule is C[C@]1(O)CCC[C@@H]1n1c(=O)ccc2cnc(S(C)(=O)=O)nc21. The lowest BCUT2D eigenvalue weighted by molar-refractivity contribution is 0.0266. The summed E-state index contributed by atoms with van der Waals surface area (Å²) in [6.07, 6.45) is 4.43. The molecule has 1 N–H and O–H groups in total. The molecule has 0 aliphatic heterocycles. The Morgan fingerprint density at radius 1 is 1.41 bits per heavy atom. The van der Waals surface area contributed by atoms with Crippen LogP contribution in [0.4, 0.5) is 0 Å². The first-order valence-electron chi connectivity index (χ1n) is 7.01. The number of rotatable bonds is 2. The van der Waals surface area contributed by atoms with E-state index >= 15 is 0 Å². The standard InChI is InChI=1S/C14H17N3O4S/c1-14(19)7-3-4-10(14)17-11(18)6-5-9-8-15-13(16-12(9)17)22(2,20)21/h5-6,8,10,19H,3-4,7H2,1-2H3/t10-,14-/m0/s1. The van der Waals surface area contributed by atoms with E-state index in [0.717, 1.165) is 12.7 Å². The minimum Gasteiger partial charge on any atom is -0.388 e. The molecule has 2 aromatic rings. The number of hydrogen-bond acceptors (Lipinski definition) is 6. The Bertz CT molecular complexity index is 902. The zero-order valence-electron chi connectivity index (χ0n) is 12.4. The van der Waals surface area contributed by atoms with Crippen LogP contribution < -0.4 is 5.56 Å². The first kappa shape index (κ1) is 15.1. The van der Waals surface area contributed by atoms with E-state index in [2.05, 4.69) is 9.97 Å². The Hall–Kier alpha value is -1.80. The highest BCUT2D eigenvalue weighted by molar-refractivity contribution is 7.90. The van der Waals surface area contributed by atoms with Gasteiger partial charge in [-0.2, -0.15) is 4.98 Å². The number of pyridine rings is 1. The first-order chi connectivity index (χ1) is 10.2. The summed E-state index contributed by atoms with van der Waals surface area (Å²) in [4.78, 5) is 20.2. The highest BCUT2D eigenvalue weighted by Gasteiger charge is 2.39. The van der Waals surface area contributed by atoms with Crippen LogP contribution in [0, 0.1) is 0 Å². The summed E-state index contributed by atoms with van der Waals surface area (Å²) in [5.41, 5.74) is -1.08. The van der Waals surface area contributed by atoms with Crippen molar-refractivity contribution < 1.29 is 13.5 Å². The fourth-order valence-corrected chi connectivity index (χ4v) is 3.54. The molecule has 2 atom stereocenters. The van der Waals surface area contributed by atoms with Crippen molar-refractivity contribution in [3.05, 3.63) is 28.7 Å². The largest absolute Gasteiger partial charge is 0.388 e. The zero-order valence-corrected chi connectivity index (χ0v) is 13.2. The monoisotopic (exact) mass is 323 g/mol. The molecular weight excluding hydrogens is 306 g/mol. The second-order valence-corrected chi connectivity index (χ2v) is 7.92. The Labute approximate surface area is 127 Å². The molecule has 0 saturated heterocycles. The topological polar surface area (TPSA) is 102 Å². The molecule has 0 radical (unpaired) electrons. The summed E-state index contributed by atoms with van der Waals surface area (Å²) in [6, 6.07) is 2.52. The van der Waals surface area contributed by atoms with E-state index < -0.39 is 21.5 Å². The normalized spacial score (nSPS) is 25.7. The molecule has 8 heteroatoms. The predicted octanol–water partition coefficient (Wildman–Crippen LogP) is 0.671. The summed E-state index contributed by atoms with van der Waals surface area (Å²) < 4.78 is 24.7. The molecule has 1 saturated carbocycles. The molecule has 0 amide bonds. The van der Waals surface area contributed by atoms with Gasteiger partial charge in [0, 0.05) is 23.9 Å². The number of sulfone groups is 1. The molecule has 1 aliphatic rings. The maximum Gasteiger partial charge on any atom is 0.252 e. The Balaban J connectivity index is 2.33. The zero-order chi connectivity index (χ0) is 16.1. The Morgan fingerprint density at radius 2 is 2.14 bits per heavy atom. The van der Waals surface area contributed by atoms with Crippen LogP contribution in [0.25, 0.3) is 11.0 Å². The molecule has 2 aromatic heterocycles. The molecule has 2 heterocycles. The molecule has 1 aliphatic carbocycles. The summed E-state index contributed by atoms with van der Waals surface area (Å²) in [5, 5.41) is 10.7. The van der Waals surface area contributed by atoms with Crippen LogP contribution in [0.2, 0.25) is 0 Å². The van der Waals surface area contributed by atoms with E-state index in [9.17, 15) is 18.3 Å². The number of aromatic nitrogens is 3. The quantitative estimate of drug-likeness (QED) is 0.815. The molecule has 0 spiro atoms. The second kappa shape index (κ2) is 4.85. The first-order valence-corrected chi connectivity index (χ1v) is 8.90. The minimum atomic E-state index is -3.58. The highest BCUT2D eigenvalue weighted by atomic mass is 32.2. The van der Waals surface area contributed by atoms with E-state index in [1.165, 1.54) is 16.8 Å². The van der Waals surface area contributed by atoms with Crippen molar-refractivity contribution in [2.24, 2.45) is 0 Å². The molecular formula is C14H17N3O4S. The second-order valence-electron chi connectivity index (χ2n) is 6.01. The molecule has 3 rings (SSSR count). The van der Waals surface area contributed by atoms with Crippen molar-refractivity contribution in [1.29, 1.82) is 0 Å². The number of nitrogens with zero attached hydrogens (tertiary/aromatic N) is 3. The van der Waals surface area contributed by atoms with E-state index in [1.807, 2.05) is 0 Å². The van der Waals surface area contributed by atoms with Gasteiger partial charge in [0.25, 0.3) is 5.56 Å². The lowest BCUT2D eigenvalue weighted by Crippen LogP contribution is -2.37. The van der Waals surface area contributed by atoms with Crippen LogP contribution in [0.1, 0.15) is 32.2 Å². The van der Waals surface area contributed by atoms with Crippen LogP contribution >= 0.6 is 0 Å². The van der Waals surface area contributed by atoms with Crippen LogP contribution in [-0.4, -0.2) is 39.9 Å². The van der Waals surface area contributed by atoms with Gasteiger partial charge in [-0.05, 0) is 32.3 Å². The van der Waals surface area contributed by atoms with Gasteiger partial charge in [-0.25, -0.2) is 13.4 Å². The minimum absolute atomic E-state index is 0.245. The average Bonchev–Trinajstić information content (AvgIpc) is 2.76. The fourth-order valence-electron chi connectivity index (χ4n) is 3.04. The van der Waals surface area contributed by atoms with Crippen molar-refractivity contribution >= 4 is 20.9 Å². The molecule has 1 fully saturated rings. The van der Waals surface area contributed by atoms with Crippen LogP contribution in [0.3, 0.4) is 0 Å². The smallest absolute Gasteiger partial charge is 0.252 e. The maximum atomic E-state index is 12.3. The number of aliphatic hydroxyl groups is 1. The van der Waals surface area contributed by atoms with Crippen molar-refractivity contribution in [2.45, 2.75) is 43.0 Å². The summed E-state index contributed by atoms with van der Waals surface area (Å²) in [6.45, 7) is 1.69. The van der Waals surface area contributed by atoms with Crippen molar-refractivity contribution in [1.82, 2.24) is 14.5 Å². The van der Waals surface area contributed by atoms with E-state index in [1.54, 1.807) is 13.0 Å². The maximum absolute atomic E-state index is 12.3. The molecule has 0 aromatic carbocycles. The van der Waals surface area contributed by atoms with Crippen LogP contribution in [0.15, 0.2) is 28.3 Å². The van der Waals surface area contributed by atoms with Crippen LogP contribution in [0.5, 0.6) is 0 Å². The van der Waals surface area contributed by atoms with Crippen molar-refractivity contribution in [2.75, 3.05) is 6.26 Å². The van der Waals surface area contributed by atoms with Gasteiger partial charge in [0.2, 0.25) is 15.0 Å². The van der Waals surface area contributed by atoms with Gasteiger partial charge >= 0.3 is 0 Å². The molecule has 0 bridgehead atoms. The fraction of sp³-hybridized carbons (Fsp3) is 0.500. The van der Waals surface area contributed by atoms with Gasteiger partial charge < -0.3 is 5.11 Å². The van der Waals surface area contributed by atoms with Crippen molar-refractivity contribution in [3.8, 4) is 0 Å². The average molecular weight is 323 g/mol. The van der Waals surface area contributed by atoms with E-state index in [-0.39, 0.29) is 16.4 Å².